The van der Waals surface area contributed by atoms with Gasteiger partial charge in [-0.3, -0.25) is 4.79 Å². The predicted octanol–water partition coefficient (Wildman–Crippen LogP) is 3.33. The number of nitrogens with one attached hydrogen (secondary N) is 1. The van der Waals surface area contributed by atoms with Gasteiger partial charge in [-0.2, -0.15) is 4.31 Å². The molecular weight excluding hydrogens is 379 g/mol. The molecular formula is C18H24ClFN2O3S. The lowest BCUT2D eigenvalue weighted by atomic mass is 9.93. The SMILES string of the molecule is O=C(NC1CCCCC1)[C@H]1CCCN(S(=O)(=O)c2cccc(Cl)c2F)C1. The van der Waals surface area contributed by atoms with E-state index in [1.807, 2.05) is 0 Å². The summed E-state index contributed by atoms with van der Waals surface area (Å²) in [5, 5.41) is 2.84. The molecule has 26 heavy (non-hydrogen) atoms. The summed E-state index contributed by atoms with van der Waals surface area (Å²) in [6.45, 7) is 0.355. The number of carbonyl (C=O) groups excluding carboxylic acids is 1. The molecule has 144 valence electrons. The molecule has 8 heteroatoms. The Bertz CT molecular complexity index is 766. The maximum atomic E-state index is 14.2. The van der Waals surface area contributed by atoms with Crippen molar-refractivity contribution in [3.8, 4) is 0 Å². The summed E-state index contributed by atoms with van der Waals surface area (Å²) >= 11 is 5.72. The van der Waals surface area contributed by atoms with Crippen molar-refractivity contribution in [1.29, 1.82) is 0 Å². The van der Waals surface area contributed by atoms with Gasteiger partial charge in [0.2, 0.25) is 15.9 Å². The van der Waals surface area contributed by atoms with Gasteiger partial charge in [-0.1, -0.05) is 36.9 Å². The first-order valence-corrected chi connectivity index (χ1v) is 11.0. The minimum absolute atomic E-state index is 0.0762. The fourth-order valence-corrected chi connectivity index (χ4v) is 5.60. The normalized spacial score (nSPS) is 22.9. The molecule has 2 aliphatic rings. The largest absolute Gasteiger partial charge is 0.353 e. The van der Waals surface area contributed by atoms with Gasteiger partial charge in [-0.05, 0) is 37.8 Å². The Morgan fingerprint density at radius 1 is 1.15 bits per heavy atom. The van der Waals surface area contributed by atoms with Crippen LogP contribution in [0.4, 0.5) is 4.39 Å². The number of carbonyl (C=O) groups is 1. The van der Waals surface area contributed by atoms with Gasteiger partial charge < -0.3 is 5.32 Å². The number of sulfonamides is 1. The van der Waals surface area contributed by atoms with Crippen LogP contribution in [-0.4, -0.2) is 37.8 Å². The minimum atomic E-state index is -4.02. The second kappa shape index (κ2) is 8.23. The number of rotatable bonds is 4. The summed E-state index contributed by atoms with van der Waals surface area (Å²) < 4.78 is 41.0. The van der Waals surface area contributed by atoms with Crippen LogP contribution in [0, 0.1) is 11.7 Å². The molecule has 0 unspecified atom stereocenters. The molecule has 0 aromatic heterocycles. The van der Waals surface area contributed by atoms with Crippen molar-refractivity contribution in [2.45, 2.75) is 55.9 Å². The van der Waals surface area contributed by atoms with Crippen LogP contribution in [0.1, 0.15) is 44.9 Å². The first kappa shape index (κ1) is 19.6. The molecule has 1 atom stereocenters. The van der Waals surface area contributed by atoms with E-state index < -0.39 is 26.7 Å². The summed E-state index contributed by atoms with van der Waals surface area (Å²) in [5.41, 5.74) is 0. The molecule has 1 saturated carbocycles. The molecule has 1 aliphatic carbocycles. The van der Waals surface area contributed by atoms with E-state index >= 15 is 0 Å². The predicted molar refractivity (Wildman–Crippen MR) is 97.9 cm³/mol. The van der Waals surface area contributed by atoms with E-state index in [-0.39, 0.29) is 30.1 Å². The lowest BCUT2D eigenvalue weighted by Crippen LogP contribution is -2.48. The first-order valence-electron chi connectivity index (χ1n) is 9.14. The Morgan fingerprint density at radius 3 is 2.62 bits per heavy atom. The Kier molecular flexibility index (Phi) is 6.20. The van der Waals surface area contributed by atoms with Gasteiger partial charge in [0.05, 0.1) is 10.9 Å². The molecule has 0 bridgehead atoms. The van der Waals surface area contributed by atoms with E-state index in [2.05, 4.69) is 5.32 Å². The maximum Gasteiger partial charge on any atom is 0.246 e. The van der Waals surface area contributed by atoms with Gasteiger partial charge in [0.25, 0.3) is 0 Å². The summed E-state index contributed by atoms with van der Waals surface area (Å²) in [5.74, 6) is -1.44. The van der Waals surface area contributed by atoms with Crippen molar-refractivity contribution in [1.82, 2.24) is 9.62 Å². The smallest absolute Gasteiger partial charge is 0.246 e. The third-order valence-electron chi connectivity index (χ3n) is 5.24. The highest BCUT2D eigenvalue weighted by atomic mass is 35.5. The van der Waals surface area contributed by atoms with E-state index in [0.717, 1.165) is 25.7 Å². The number of hydrogen-bond donors (Lipinski definition) is 1. The van der Waals surface area contributed by atoms with Crippen molar-refractivity contribution in [2.75, 3.05) is 13.1 Å². The summed E-state index contributed by atoms with van der Waals surface area (Å²) in [4.78, 5) is 12.1. The standard InChI is InChI=1S/C18H24ClFN2O3S/c19-15-9-4-10-16(17(15)20)26(24,25)22-11-5-6-13(12-22)18(23)21-14-7-2-1-3-8-14/h4,9-10,13-14H,1-3,5-8,11-12H2,(H,21,23)/t13-/m0/s1. The van der Waals surface area contributed by atoms with Crippen LogP contribution in [-0.2, 0) is 14.8 Å². The molecule has 1 aliphatic heterocycles. The molecule has 1 aromatic rings. The molecule has 0 spiro atoms. The molecule has 1 saturated heterocycles. The third kappa shape index (κ3) is 4.21. The van der Waals surface area contributed by atoms with Crippen LogP contribution in [0.3, 0.4) is 0 Å². The number of nitrogens with zero attached hydrogens (tertiary/aromatic N) is 1. The zero-order valence-corrected chi connectivity index (χ0v) is 16.2. The number of piperidine rings is 1. The first-order chi connectivity index (χ1) is 12.4. The molecule has 1 amide bonds. The Balaban J connectivity index is 1.71. The fraction of sp³-hybridized carbons (Fsp3) is 0.611. The highest BCUT2D eigenvalue weighted by Crippen LogP contribution is 2.28. The highest BCUT2D eigenvalue weighted by Gasteiger charge is 2.35. The highest BCUT2D eigenvalue weighted by molar-refractivity contribution is 7.89. The molecule has 1 heterocycles. The topological polar surface area (TPSA) is 66.5 Å². The van der Waals surface area contributed by atoms with Gasteiger partial charge >= 0.3 is 0 Å². The second-order valence-electron chi connectivity index (χ2n) is 7.10. The van der Waals surface area contributed by atoms with Crippen molar-refractivity contribution in [2.24, 2.45) is 5.92 Å². The molecule has 3 rings (SSSR count). The van der Waals surface area contributed by atoms with E-state index in [9.17, 15) is 17.6 Å². The second-order valence-corrected chi connectivity index (χ2v) is 9.41. The summed E-state index contributed by atoms with van der Waals surface area (Å²) in [7, 11) is -4.02. The van der Waals surface area contributed by atoms with Gasteiger partial charge in [0.1, 0.15) is 4.90 Å². The summed E-state index contributed by atoms with van der Waals surface area (Å²) in [6, 6.07) is 4.12. The zero-order chi connectivity index (χ0) is 18.7. The van der Waals surface area contributed by atoms with E-state index in [1.165, 1.54) is 28.9 Å². The quantitative estimate of drug-likeness (QED) is 0.840. The number of amides is 1. The van der Waals surface area contributed by atoms with Gasteiger partial charge in [0.15, 0.2) is 5.82 Å². The van der Waals surface area contributed by atoms with Crippen LogP contribution in [0.15, 0.2) is 23.1 Å². The summed E-state index contributed by atoms with van der Waals surface area (Å²) in [6.07, 6.45) is 6.61. The van der Waals surface area contributed by atoms with Crippen molar-refractivity contribution in [3.05, 3.63) is 29.0 Å². The Hall–Kier alpha value is -1.18. The van der Waals surface area contributed by atoms with Gasteiger partial charge in [0, 0.05) is 19.1 Å². The lowest BCUT2D eigenvalue weighted by Gasteiger charge is -2.32. The Morgan fingerprint density at radius 2 is 1.88 bits per heavy atom. The van der Waals surface area contributed by atoms with Gasteiger partial charge in [-0.25, -0.2) is 12.8 Å². The molecule has 1 N–H and O–H groups in total. The van der Waals surface area contributed by atoms with Crippen LogP contribution in [0.2, 0.25) is 5.02 Å². The zero-order valence-electron chi connectivity index (χ0n) is 14.6. The van der Waals surface area contributed by atoms with Crippen LogP contribution < -0.4 is 5.32 Å². The van der Waals surface area contributed by atoms with Crippen molar-refractivity contribution in [3.63, 3.8) is 0 Å². The lowest BCUT2D eigenvalue weighted by molar-refractivity contribution is -0.127. The molecule has 1 aromatic carbocycles. The Labute approximate surface area is 158 Å². The number of halogens is 2. The fourth-order valence-electron chi connectivity index (χ4n) is 3.76. The van der Waals surface area contributed by atoms with Crippen LogP contribution >= 0.6 is 11.6 Å². The van der Waals surface area contributed by atoms with Crippen LogP contribution in [0.5, 0.6) is 0 Å². The number of benzene rings is 1. The van der Waals surface area contributed by atoms with Gasteiger partial charge in [-0.15, -0.1) is 0 Å². The molecule has 5 nitrogen and oxygen atoms in total. The maximum absolute atomic E-state index is 14.2. The average molecular weight is 403 g/mol. The van der Waals surface area contributed by atoms with E-state index in [4.69, 9.17) is 11.6 Å². The van der Waals surface area contributed by atoms with Crippen molar-refractivity contribution >= 4 is 27.5 Å². The molecule has 2 fully saturated rings. The minimum Gasteiger partial charge on any atom is -0.353 e. The van der Waals surface area contributed by atoms with E-state index in [1.54, 1.807) is 0 Å². The number of hydrogen-bond acceptors (Lipinski definition) is 3. The molecule has 0 radical (unpaired) electrons. The monoisotopic (exact) mass is 402 g/mol. The van der Waals surface area contributed by atoms with Crippen molar-refractivity contribution < 1.29 is 17.6 Å². The third-order valence-corrected chi connectivity index (χ3v) is 7.41. The van der Waals surface area contributed by atoms with Crippen LogP contribution in [0.25, 0.3) is 0 Å². The van der Waals surface area contributed by atoms with E-state index in [0.29, 0.717) is 12.8 Å². The average Bonchev–Trinajstić information content (AvgIpc) is 2.64.